The first-order valence-corrected chi connectivity index (χ1v) is 4.20. The van der Waals surface area contributed by atoms with Gasteiger partial charge in [0.05, 0.1) is 5.02 Å². The summed E-state index contributed by atoms with van der Waals surface area (Å²) in [5.41, 5.74) is 0.317. The predicted octanol–water partition coefficient (Wildman–Crippen LogP) is 2.90. The number of carbonyl (C=O) groups excluding carboxylic acids is 1. The van der Waals surface area contributed by atoms with Crippen LogP contribution < -0.4 is 0 Å². The summed E-state index contributed by atoms with van der Waals surface area (Å²) >= 11 is 7.32. The van der Waals surface area contributed by atoms with Crippen molar-refractivity contribution in [3.63, 3.8) is 0 Å². The largest absolute Gasteiger partial charge is 0.298 e. The highest BCUT2D eigenvalue weighted by atomic mass is 127. The SMILES string of the molecule is O=Cc1cc(I)c(F)cc1Cl. The third-order valence-electron chi connectivity index (χ3n) is 1.17. The number of hydrogen-bond donors (Lipinski definition) is 0. The van der Waals surface area contributed by atoms with E-state index in [-0.39, 0.29) is 5.02 Å². The molecule has 0 unspecified atom stereocenters. The maximum absolute atomic E-state index is 12.7. The van der Waals surface area contributed by atoms with Gasteiger partial charge in [-0.1, -0.05) is 11.6 Å². The van der Waals surface area contributed by atoms with E-state index in [0.717, 1.165) is 6.07 Å². The molecule has 0 spiro atoms. The highest BCUT2D eigenvalue weighted by Gasteiger charge is 2.04. The quantitative estimate of drug-likeness (QED) is 0.440. The van der Waals surface area contributed by atoms with Crippen LogP contribution in [0.25, 0.3) is 0 Å². The van der Waals surface area contributed by atoms with E-state index in [1.54, 1.807) is 22.6 Å². The molecule has 0 fully saturated rings. The fraction of sp³-hybridized carbons (Fsp3) is 0. The predicted molar refractivity (Wildman–Crippen MR) is 49.5 cm³/mol. The van der Waals surface area contributed by atoms with E-state index in [4.69, 9.17) is 11.6 Å². The second-order valence-electron chi connectivity index (χ2n) is 1.91. The van der Waals surface area contributed by atoms with Crippen LogP contribution in [0.2, 0.25) is 5.02 Å². The summed E-state index contributed by atoms with van der Waals surface area (Å²) in [7, 11) is 0. The summed E-state index contributed by atoms with van der Waals surface area (Å²) in [5, 5.41) is 0.151. The highest BCUT2D eigenvalue weighted by Crippen LogP contribution is 2.20. The standard InChI is InChI=1S/C7H3ClFIO/c8-5-2-6(9)7(10)1-4(5)3-11/h1-3H. The molecule has 0 saturated heterocycles. The molecule has 58 valence electrons. The van der Waals surface area contributed by atoms with Crippen LogP contribution in [-0.2, 0) is 0 Å². The fourth-order valence-corrected chi connectivity index (χ4v) is 1.31. The van der Waals surface area contributed by atoms with Gasteiger partial charge in [0.2, 0.25) is 0 Å². The number of carbonyl (C=O) groups is 1. The Morgan fingerprint density at radius 1 is 1.55 bits per heavy atom. The molecule has 1 rings (SSSR count). The summed E-state index contributed by atoms with van der Waals surface area (Å²) < 4.78 is 13.1. The first-order chi connectivity index (χ1) is 5.15. The normalized spacial score (nSPS) is 9.73. The van der Waals surface area contributed by atoms with Crippen LogP contribution >= 0.6 is 34.2 Å². The molecule has 0 amide bonds. The molecule has 1 aromatic carbocycles. The second-order valence-corrected chi connectivity index (χ2v) is 3.48. The summed E-state index contributed by atoms with van der Waals surface area (Å²) in [6, 6.07) is 2.54. The molecule has 0 atom stereocenters. The minimum absolute atomic E-state index is 0.151. The Labute approximate surface area is 81.7 Å². The van der Waals surface area contributed by atoms with Gasteiger partial charge in [0.25, 0.3) is 0 Å². The number of halogens is 3. The third kappa shape index (κ3) is 1.90. The fourth-order valence-electron chi connectivity index (χ4n) is 0.628. The van der Waals surface area contributed by atoms with Gasteiger partial charge in [0.1, 0.15) is 5.82 Å². The van der Waals surface area contributed by atoms with Crippen LogP contribution in [0.4, 0.5) is 4.39 Å². The lowest BCUT2D eigenvalue weighted by Crippen LogP contribution is -1.87. The lowest BCUT2D eigenvalue weighted by atomic mass is 10.2. The number of benzene rings is 1. The summed E-state index contributed by atoms with van der Waals surface area (Å²) in [5.74, 6) is -0.402. The van der Waals surface area contributed by atoms with E-state index in [0.29, 0.717) is 15.4 Å². The average Bonchev–Trinajstić information content (AvgIpc) is 1.97. The number of rotatable bonds is 1. The van der Waals surface area contributed by atoms with Gasteiger partial charge in [0, 0.05) is 9.13 Å². The summed E-state index contributed by atoms with van der Waals surface area (Å²) in [6.45, 7) is 0. The topological polar surface area (TPSA) is 17.1 Å². The van der Waals surface area contributed by atoms with Crippen molar-refractivity contribution in [3.05, 3.63) is 32.1 Å². The van der Waals surface area contributed by atoms with Gasteiger partial charge < -0.3 is 0 Å². The van der Waals surface area contributed by atoms with Crippen LogP contribution in [0.5, 0.6) is 0 Å². The molecule has 0 heterocycles. The number of hydrogen-bond acceptors (Lipinski definition) is 1. The van der Waals surface area contributed by atoms with Crippen LogP contribution in [-0.4, -0.2) is 6.29 Å². The molecule has 11 heavy (non-hydrogen) atoms. The molecule has 0 saturated carbocycles. The molecule has 1 aromatic rings. The highest BCUT2D eigenvalue weighted by molar-refractivity contribution is 14.1. The van der Waals surface area contributed by atoms with Crippen LogP contribution in [0.3, 0.4) is 0 Å². The zero-order valence-corrected chi connectivity index (χ0v) is 8.19. The van der Waals surface area contributed by atoms with Gasteiger partial charge in [-0.05, 0) is 34.7 Å². The zero-order valence-electron chi connectivity index (χ0n) is 5.27. The van der Waals surface area contributed by atoms with Crippen molar-refractivity contribution < 1.29 is 9.18 Å². The minimum Gasteiger partial charge on any atom is -0.298 e. The molecule has 1 nitrogen and oxygen atoms in total. The zero-order chi connectivity index (χ0) is 8.43. The summed E-state index contributed by atoms with van der Waals surface area (Å²) in [6.07, 6.45) is 0.601. The van der Waals surface area contributed by atoms with Crippen molar-refractivity contribution in [3.8, 4) is 0 Å². The van der Waals surface area contributed by atoms with Crippen molar-refractivity contribution in [2.45, 2.75) is 0 Å². The first kappa shape index (κ1) is 8.93. The number of aldehydes is 1. The molecular formula is C7H3ClFIO. The Hall–Kier alpha value is -0.160. The Balaban J connectivity index is 3.31. The van der Waals surface area contributed by atoms with Crippen molar-refractivity contribution in [1.82, 2.24) is 0 Å². The van der Waals surface area contributed by atoms with E-state index in [2.05, 4.69) is 0 Å². The Bertz CT molecular complexity index is 301. The molecule has 0 N–H and O–H groups in total. The van der Waals surface area contributed by atoms with Crippen molar-refractivity contribution in [1.29, 1.82) is 0 Å². The van der Waals surface area contributed by atoms with E-state index in [1.165, 1.54) is 6.07 Å². The van der Waals surface area contributed by atoms with Crippen LogP contribution in [0.15, 0.2) is 12.1 Å². The van der Waals surface area contributed by atoms with Crippen molar-refractivity contribution in [2.75, 3.05) is 0 Å². The van der Waals surface area contributed by atoms with Gasteiger partial charge in [-0.2, -0.15) is 0 Å². The average molecular weight is 284 g/mol. The smallest absolute Gasteiger partial charge is 0.151 e. The molecule has 0 aliphatic rings. The Morgan fingerprint density at radius 2 is 2.18 bits per heavy atom. The van der Waals surface area contributed by atoms with E-state index < -0.39 is 5.82 Å². The summed E-state index contributed by atoms with van der Waals surface area (Å²) in [4.78, 5) is 10.3. The van der Waals surface area contributed by atoms with E-state index in [9.17, 15) is 9.18 Å². The maximum atomic E-state index is 12.7. The van der Waals surface area contributed by atoms with Crippen LogP contribution in [0.1, 0.15) is 10.4 Å². The molecule has 0 radical (unpaired) electrons. The monoisotopic (exact) mass is 284 g/mol. The Kier molecular flexibility index (Phi) is 2.84. The molecular weight excluding hydrogens is 281 g/mol. The van der Waals surface area contributed by atoms with Crippen molar-refractivity contribution >= 4 is 40.5 Å². The first-order valence-electron chi connectivity index (χ1n) is 2.75. The minimum atomic E-state index is -0.402. The van der Waals surface area contributed by atoms with Crippen LogP contribution in [0, 0.1) is 9.39 Å². The van der Waals surface area contributed by atoms with E-state index >= 15 is 0 Å². The van der Waals surface area contributed by atoms with Crippen molar-refractivity contribution in [2.24, 2.45) is 0 Å². The Morgan fingerprint density at radius 3 is 2.73 bits per heavy atom. The van der Waals surface area contributed by atoms with Gasteiger partial charge >= 0.3 is 0 Å². The molecule has 4 heteroatoms. The third-order valence-corrected chi connectivity index (χ3v) is 2.32. The second kappa shape index (κ2) is 3.49. The van der Waals surface area contributed by atoms with Gasteiger partial charge in [-0.25, -0.2) is 4.39 Å². The van der Waals surface area contributed by atoms with E-state index in [1.807, 2.05) is 0 Å². The molecule has 0 aliphatic carbocycles. The molecule has 0 aliphatic heterocycles. The molecule has 0 aromatic heterocycles. The maximum Gasteiger partial charge on any atom is 0.151 e. The van der Waals surface area contributed by atoms with Gasteiger partial charge in [-0.15, -0.1) is 0 Å². The van der Waals surface area contributed by atoms with Gasteiger partial charge in [-0.3, -0.25) is 4.79 Å². The molecule has 0 bridgehead atoms. The van der Waals surface area contributed by atoms with Gasteiger partial charge in [0.15, 0.2) is 6.29 Å². The lowest BCUT2D eigenvalue weighted by molar-refractivity contribution is 0.112. The lowest BCUT2D eigenvalue weighted by Gasteiger charge is -1.97.